The summed E-state index contributed by atoms with van der Waals surface area (Å²) in [4.78, 5) is 15.9. The summed E-state index contributed by atoms with van der Waals surface area (Å²) in [6.45, 7) is 1.73. The van der Waals surface area contributed by atoms with Gasteiger partial charge in [0.2, 0.25) is 0 Å². The second kappa shape index (κ2) is 7.75. The first-order valence-corrected chi connectivity index (χ1v) is 9.84. The Bertz CT molecular complexity index is 852. The maximum absolute atomic E-state index is 14.1. The maximum Gasteiger partial charge on any atom is 0.276 e. The molecular formula is C19H22ClF2N5O. The summed E-state index contributed by atoms with van der Waals surface area (Å²) < 4.78 is 29.7. The summed E-state index contributed by atoms with van der Waals surface area (Å²) >= 11 is 6.20. The molecule has 6 nitrogen and oxygen atoms in total. The number of likely N-dealkylation sites (tertiary alicyclic amines) is 2. The van der Waals surface area contributed by atoms with E-state index in [4.69, 9.17) is 11.6 Å². The molecule has 0 saturated carbocycles. The molecule has 2 aromatic rings. The predicted octanol–water partition coefficient (Wildman–Crippen LogP) is 3.08. The average molecular weight is 410 g/mol. The second-order valence-corrected chi connectivity index (χ2v) is 7.94. The Kier molecular flexibility index (Phi) is 5.33. The lowest BCUT2D eigenvalue weighted by Crippen LogP contribution is -2.33. The van der Waals surface area contributed by atoms with Crippen molar-refractivity contribution in [2.24, 2.45) is 0 Å². The molecule has 1 aromatic heterocycles. The molecule has 1 atom stereocenters. The summed E-state index contributed by atoms with van der Waals surface area (Å²) in [5.74, 6) is -2.91. The largest absolute Gasteiger partial charge is 0.337 e. The summed E-state index contributed by atoms with van der Waals surface area (Å²) in [5.41, 5.74) is 1.08. The molecule has 9 heteroatoms. The van der Waals surface area contributed by atoms with E-state index in [9.17, 15) is 13.6 Å². The number of halogens is 3. The minimum absolute atomic E-state index is 0.145. The summed E-state index contributed by atoms with van der Waals surface area (Å²) in [6, 6.07) is 6.85. The molecule has 0 spiro atoms. The van der Waals surface area contributed by atoms with Gasteiger partial charge in [-0.3, -0.25) is 14.4 Å². The molecule has 4 rings (SSSR count). The van der Waals surface area contributed by atoms with E-state index in [1.165, 1.54) is 4.68 Å². The second-order valence-electron chi connectivity index (χ2n) is 7.54. The molecule has 28 heavy (non-hydrogen) atoms. The van der Waals surface area contributed by atoms with Crippen LogP contribution in [0, 0.1) is 0 Å². The van der Waals surface area contributed by atoms with Gasteiger partial charge in [-0.05, 0) is 24.5 Å². The lowest BCUT2D eigenvalue weighted by Gasteiger charge is -2.23. The number of aromatic nitrogens is 3. The van der Waals surface area contributed by atoms with Crippen molar-refractivity contribution in [3.05, 3.63) is 46.7 Å². The van der Waals surface area contributed by atoms with E-state index < -0.39 is 12.0 Å². The van der Waals surface area contributed by atoms with Gasteiger partial charge in [0.1, 0.15) is 0 Å². The summed E-state index contributed by atoms with van der Waals surface area (Å²) in [6.07, 6.45) is 3.29. The molecule has 0 bridgehead atoms. The first kappa shape index (κ1) is 19.3. The van der Waals surface area contributed by atoms with Gasteiger partial charge < -0.3 is 4.90 Å². The number of nitrogens with zero attached hydrogens (tertiary/aromatic N) is 5. The highest BCUT2D eigenvalue weighted by atomic mass is 35.5. The molecule has 0 unspecified atom stereocenters. The smallest absolute Gasteiger partial charge is 0.276 e. The van der Waals surface area contributed by atoms with Crippen molar-refractivity contribution in [3.63, 3.8) is 0 Å². The van der Waals surface area contributed by atoms with Crippen LogP contribution < -0.4 is 0 Å². The van der Waals surface area contributed by atoms with Crippen LogP contribution >= 0.6 is 11.6 Å². The summed E-state index contributed by atoms with van der Waals surface area (Å²) in [7, 11) is 0. The fourth-order valence-electron chi connectivity index (χ4n) is 3.96. The zero-order valence-corrected chi connectivity index (χ0v) is 16.2. The van der Waals surface area contributed by atoms with Crippen LogP contribution in [0.4, 0.5) is 8.78 Å². The van der Waals surface area contributed by atoms with Crippen LogP contribution in [0.25, 0.3) is 0 Å². The van der Waals surface area contributed by atoms with Gasteiger partial charge in [-0.15, -0.1) is 5.10 Å². The number of hydrogen-bond donors (Lipinski definition) is 0. The van der Waals surface area contributed by atoms with Gasteiger partial charge in [-0.2, -0.15) is 0 Å². The average Bonchev–Trinajstić information content (AvgIpc) is 3.38. The molecule has 150 valence electrons. The Hall–Kier alpha value is -2.06. The van der Waals surface area contributed by atoms with Gasteiger partial charge in [-0.25, -0.2) is 8.78 Å². The van der Waals surface area contributed by atoms with Gasteiger partial charge in [0, 0.05) is 37.1 Å². The number of carbonyl (C=O) groups is 1. The third kappa shape index (κ3) is 4.17. The topological polar surface area (TPSA) is 54.3 Å². The third-order valence-electron chi connectivity index (χ3n) is 5.37. The number of alkyl halides is 2. The molecule has 0 radical (unpaired) electrons. The first-order chi connectivity index (χ1) is 13.4. The van der Waals surface area contributed by atoms with Crippen molar-refractivity contribution in [1.82, 2.24) is 24.8 Å². The monoisotopic (exact) mass is 409 g/mol. The third-order valence-corrected chi connectivity index (χ3v) is 5.73. The van der Waals surface area contributed by atoms with Crippen LogP contribution in [-0.2, 0) is 13.1 Å². The van der Waals surface area contributed by atoms with Crippen molar-refractivity contribution in [2.45, 2.75) is 44.3 Å². The van der Waals surface area contributed by atoms with Crippen LogP contribution in [0.3, 0.4) is 0 Å². The highest BCUT2D eigenvalue weighted by Gasteiger charge is 2.45. The van der Waals surface area contributed by atoms with Crippen molar-refractivity contribution >= 4 is 17.5 Å². The maximum atomic E-state index is 14.1. The normalized spacial score (nSPS) is 22.1. The number of amides is 1. The SMILES string of the molecule is O=C(c1cn(C[C@@H]2CC(F)(F)CN2Cc2ccccc2Cl)nn1)N1CCCC1. The fraction of sp³-hybridized carbons (Fsp3) is 0.526. The van der Waals surface area contributed by atoms with Crippen molar-refractivity contribution in [3.8, 4) is 0 Å². The van der Waals surface area contributed by atoms with E-state index in [0.29, 0.717) is 11.6 Å². The number of rotatable bonds is 5. The van der Waals surface area contributed by atoms with E-state index in [2.05, 4.69) is 10.3 Å². The molecule has 0 N–H and O–H groups in total. The number of benzene rings is 1. The molecule has 2 fully saturated rings. The van der Waals surface area contributed by atoms with Gasteiger partial charge in [0.15, 0.2) is 5.69 Å². The Morgan fingerprint density at radius 2 is 2.00 bits per heavy atom. The minimum atomic E-state index is -2.76. The highest BCUT2D eigenvalue weighted by molar-refractivity contribution is 6.31. The van der Waals surface area contributed by atoms with Gasteiger partial charge in [-0.1, -0.05) is 35.0 Å². The Balaban J connectivity index is 1.46. The van der Waals surface area contributed by atoms with Crippen molar-refractivity contribution < 1.29 is 13.6 Å². The summed E-state index contributed by atoms with van der Waals surface area (Å²) in [5, 5.41) is 8.52. The van der Waals surface area contributed by atoms with Crippen molar-refractivity contribution in [1.29, 1.82) is 0 Å². The molecule has 1 aromatic carbocycles. The lowest BCUT2D eigenvalue weighted by atomic mass is 10.1. The zero-order valence-electron chi connectivity index (χ0n) is 15.4. The Labute approximate surface area is 167 Å². The Morgan fingerprint density at radius 1 is 1.25 bits per heavy atom. The van der Waals surface area contributed by atoms with Crippen LogP contribution in [-0.4, -0.2) is 62.3 Å². The molecule has 2 saturated heterocycles. The quantitative estimate of drug-likeness (QED) is 0.761. The molecule has 3 heterocycles. The van der Waals surface area contributed by atoms with E-state index in [1.54, 1.807) is 22.1 Å². The van der Waals surface area contributed by atoms with E-state index >= 15 is 0 Å². The van der Waals surface area contributed by atoms with Gasteiger partial charge in [0.25, 0.3) is 11.8 Å². The predicted molar refractivity (Wildman–Crippen MR) is 100 cm³/mol. The van der Waals surface area contributed by atoms with Crippen LogP contribution in [0.5, 0.6) is 0 Å². The molecule has 0 aliphatic carbocycles. The first-order valence-electron chi connectivity index (χ1n) is 9.46. The molecule has 1 amide bonds. The van der Waals surface area contributed by atoms with Gasteiger partial charge in [0.05, 0.1) is 19.3 Å². The highest BCUT2D eigenvalue weighted by Crippen LogP contribution is 2.34. The van der Waals surface area contributed by atoms with Gasteiger partial charge >= 0.3 is 0 Å². The molecular weight excluding hydrogens is 388 g/mol. The number of hydrogen-bond acceptors (Lipinski definition) is 4. The molecule has 2 aliphatic heterocycles. The minimum Gasteiger partial charge on any atom is -0.337 e. The fourth-order valence-corrected chi connectivity index (χ4v) is 4.15. The van der Waals surface area contributed by atoms with E-state index in [1.807, 2.05) is 18.2 Å². The van der Waals surface area contributed by atoms with Crippen LogP contribution in [0.15, 0.2) is 30.5 Å². The van der Waals surface area contributed by atoms with Crippen LogP contribution in [0.1, 0.15) is 35.3 Å². The van der Waals surface area contributed by atoms with Crippen LogP contribution in [0.2, 0.25) is 5.02 Å². The van der Waals surface area contributed by atoms with E-state index in [0.717, 1.165) is 31.5 Å². The number of carbonyl (C=O) groups excluding carboxylic acids is 1. The van der Waals surface area contributed by atoms with Crippen molar-refractivity contribution in [2.75, 3.05) is 19.6 Å². The Morgan fingerprint density at radius 3 is 2.75 bits per heavy atom. The molecule has 2 aliphatic rings. The van der Waals surface area contributed by atoms with E-state index in [-0.39, 0.29) is 31.1 Å². The standard InChI is InChI=1S/C19H22ClF2N5O/c20-16-6-2-1-5-14(16)10-26-13-19(21,22)9-15(26)11-27-12-17(23-24-27)18(28)25-7-3-4-8-25/h1-2,5-6,12,15H,3-4,7-11,13H2/t15-/m0/s1. The lowest BCUT2D eigenvalue weighted by molar-refractivity contribution is 0.0113. The zero-order chi connectivity index (χ0) is 19.7.